The monoisotopic (exact) mass is 416 g/mol. The number of aliphatic hydroxyl groups excluding tert-OH is 3. The van der Waals surface area contributed by atoms with Crippen molar-refractivity contribution in [3.05, 3.63) is 42.1 Å². The zero-order valence-corrected chi connectivity index (χ0v) is 15.2. The topological polar surface area (TPSA) is 159 Å². The molecule has 1 unspecified atom stereocenters. The van der Waals surface area contributed by atoms with Gasteiger partial charge in [-0.15, -0.1) is 0 Å². The zero-order chi connectivity index (χ0) is 20.6. The maximum Gasteiger partial charge on any atom is 0.295 e. The van der Waals surface area contributed by atoms with Crippen molar-refractivity contribution in [1.29, 1.82) is 0 Å². The van der Waals surface area contributed by atoms with Gasteiger partial charge < -0.3 is 24.8 Å². The Morgan fingerprint density at radius 1 is 1.11 bits per heavy atom. The maximum absolute atomic E-state index is 14.4. The van der Waals surface area contributed by atoms with Crippen molar-refractivity contribution in [3.63, 3.8) is 0 Å². The predicted molar refractivity (Wildman–Crippen MR) is 91.0 cm³/mol. The molecule has 0 spiro atoms. The summed E-state index contributed by atoms with van der Waals surface area (Å²) in [5.41, 5.74) is -1.13. The van der Waals surface area contributed by atoms with Crippen LogP contribution in [-0.4, -0.2) is 68.3 Å². The van der Waals surface area contributed by atoms with Gasteiger partial charge in [0.05, 0.1) is 6.20 Å². The van der Waals surface area contributed by atoms with Gasteiger partial charge in [0.1, 0.15) is 29.8 Å². The summed E-state index contributed by atoms with van der Waals surface area (Å²) in [5, 5.41) is 29.3. The molecule has 0 aromatic carbocycles. The normalized spacial score (nSPS) is 28.1. The Balaban J connectivity index is 1.82. The minimum Gasteiger partial charge on any atom is -0.460 e. The Hall–Kier alpha value is -2.22. The molecule has 0 bridgehead atoms. The van der Waals surface area contributed by atoms with Crippen molar-refractivity contribution in [2.24, 2.45) is 0 Å². The summed E-state index contributed by atoms with van der Waals surface area (Å²) in [6.07, 6.45) is -5.29. The molecule has 3 heterocycles. The van der Waals surface area contributed by atoms with Gasteiger partial charge in [-0.3, -0.25) is 9.54 Å². The number of hydrogen-bond donors (Lipinski definition) is 4. The number of hydrogen-bond acceptors (Lipinski definition) is 9. The van der Waals surface area contributed by atoms with E-state index in [1.165, 1.54) is 6.20 Å². The summed E-state index contributed by atoms with van der Waals surface area (Å²) in [6, 6.07) is 4.21. The van der Waals surface area contributed by atoms with Gasteiger partial charge in [0, 0.05) is 23.5 Å². The van der Waals surface area contributed by atoms with Gasteiger partial charge >= 0.3 is 0 Å². The molecule has 0 aliphatic carbocycles. The average Bonchev–Trinajstić information content (AvgIpc) is 2.62. The van der Waals surface area contributed by atoms with Crippen LogP contribution in [0, 0.1) is 12.7 Å². The highest BCUT2D eigenvalue weighted by Gasteiger charge is 2.50. The number of aryl methyl sites for hydroxylation is 1. The van der Waals surface area contributed by atoms with Crippen molar-refractivity contribution in [1.82, 2.24) is 9.97 Å². The predicted octanol–water partition coefficient (Wildman–Crippen LogP) is -0.377. The van der Waals surface area contributed by atoms with E-state index in [-0.39, 0.29) is 11.4 Å². The number of rotatable bonds is 4. The fraction of sp³-hybridized carbons (Fsp3) is 0.375. The van der Waals surface area contributed by atoms with Crippen LogP contribution in [-0.2, 0) is 14.9 Å². The van der Waals surface area contributed by atoms with E-state index in [0.717, 1.165) is 18.0 Å². The fourth-order valence-electron chi connectivity index (χ4n) is 2.60. The molecule has 0 amide bonds. The SMILES string of the molecule is Cc1ccc(-c2ncc(O[C@@H]3OC(S(=O)(=O)O)[C@@H](O)[C@H](O)[C@H]3O)cc2F)cn1. The Bertz CT molecular complexity index is 956. The van der Waals surface area contributed by atoms with Crippen molar-refractivity contribution in [2.45, 2.75) is 37.0 Å². The number of ether oxygens (including phenoxy) is 2. The largest absolute Gasteiger partial charge is 0.460 e. The summed E-state index contributed by atoms with van der Waals surface area (Å²) in [6.45, 7) is 1.77. The zero-order valence-electron chi connectivity index (χ0n) is 14.4. The number of pyridine rings is 2. The van der Waals surface area contributed by atoms with Crippen LogP contribution in [0.5, 0.6) is 5.75 Å². The molecule has 4 N–H and O–H groups in total. The summed E-state index contributed by atoms with van der Waals surface area (Å²) in [4.78, 5) is 7.96. The molecule has 0 saturated carbocycles. The highest BCUT2D eigenvalue weighted by molar-refractivity contribution is 7.86. The van der Waals surface area contributed by atoms with Crippen LogP contribution in [0.3, 0.4) is 0 Å². The van der Waals surface area contributed by atoms with Crippen molar-refractivity contribution < 1.29 is 42.2 Å². The molecule has 12 heteroatoms. The van der Waals surface area contributed by atoms with Crippen LogP contribution in [0.25, 0.3) is 11.3 Å². The number of aromatic nitrogens is 2. The first-order valence-electron chi connectivity index (χ1n) is 7.99. The summed E-state index contributed by atoms with van der Waals surface area (Å²) < 4.78 is 56.0. The van der Waals surface area contributed by atoms with E-state index in [1.54, 1.807) is 19.1 Å². The molecule has 5 atom stereocenters. The van der Waals surface area contributed by atoms with Gasteiger partial charge in [0.15, 0.2) is 5.82 Å². The Kier molecular flexibility index (Phi) is 5.61. The molecule has 1 aliphatic heterocycles. The van der Waals surface area contributed by atoms with Gasteiger partial charge in [-0.05, 0) is 19.1 Å². The second-order valence-corrected chi connectivity index (χ2v) is 7.66. The van der Waals surface area contributed by atoms with Gasteiger partial charge in [-0.2, -0.15) is 8.42 Å². The van der Waals surface area contributed by atoms with Gasteiger partial charge in [0.25, 0.3) is 10.1 Å². The van der Waals surface area contributed by atoms with E-state index in [2.05, 4.69) is 9.97 Å². The minimum absolute atomic E-state index is 0.0174. The van der Waals surface area contributed by atoms with Crippen LogP contribution in [0.1, 0.15) is 5.69 Å². The number of nitrogens with zero attached hydrogens (tertiary/aromatic N) is 2. The van der Waals surface area contributed by atoms with E-state index in [0.29, 0.717) is 5.56 Å². The van der Waals surface area contributed by atoms with Gasteiger partial charge in [0.2, 0.25) is 11.7 Å². The molecule has 0 radical (unpaired) electrons. The van der Waals surface area contributed by atoms with Crippen LogP contribution in [0.4, 0.5) is 4.39 Å². The molecule has 1 saturated heterocycles. The van der Waals surface area contributed by atoms with Crippen LogP contribution >= 0.6 is 0 Å². The molecule has 1 aliphatic rings. The highest BCUT2D eigenvalue weighted by Crippen LogP contribution is 2.28. The molecular formula is C16H17FN2O8S. The van der Waals surface area contributed by atoms with Crippen LogP contribution in [0.15, 0.2) is 30.6 Å². The molecule has 152 valence electrons. The smallest absolute Gasteiger partial charge is 0.295 e. The third-order valence-electron chi connectivity index (χ3n) is 4.07. The maximum atomic E-state index is 14.4. The van der Waals surface area contributed by atoms with E-state index in [4.69, 9.17) is 14.0 Å². The molecule has 2 aromatic rings. The Labute approximate surface area is 159 Å². The van der Waals surface area contributed by atoms with Crippen LogP contribution < -0.4 is 4.74 Å². The van der Waals surface area contributed by atoms with Crippen molar-refractivity contribution in [3.8, 4) is 17.0 Å². The first kappa shape index (κ1) is 20.5. The van der Waals surface area contributed by atoms with E-state index < -0.39 is 46.0 Å². The minimum atomic E-state index is -4.93. The van der Waals surface area contributed by atoms with Crippen LogP contribution in [0.2, 0.25) is 0 Å². The standard InChI is InChI=1S/C16H17FN2O8S/c1-7-2-3-8(5-18-7)11-10(17)4-9(6-19-11)26-15-13(21)12(20)14(22)16(27-15)28(23,24)25/h2-6,12-16,20-22H,1H3,(H,23,24,25)/t12-,13-,14+,15-,16?/m1/s1. The molecule has 3 rings (SSSR count). The summed E-state index contributed by atoms with van der Waals surface area (Å²) in [7, 11) is -4.93. The quantitative estimate of drug-likeness (QED) is 0.484. The second-order valence-electron chi connectivity index (χ2n) is 6.17. The molecule has 10 nitrogen and oxygen atoms in total. The van der Waals surface area contributed by atoms with Crippen molar-refractivity contribution in [2.75, 3.05) is 0 Å². The third kappa shape index (κ3) is 4.11. The van der Waals surface area contributed by atoms with Gasteiger partial charge in [-0.1, -0.05) is 0 Å². The number of aliphatic hydroxyl groups is 3. The average molecular weight is 416 g/mol. The first-order chi connectivity index (χ1) is 13.1. The molecule has 28 heavy (non-hydrogen) atoms. The van der Waals surface area contributed by atoms with E-state index in [9.17, 15) is 28.1 Å². The lowest BCUT2D eigenvalue weighted by molar-refractivity contribution is -0.254. The second kappa shape index (κ2) is 7.66. The highest BCUT2D eigenvalue weighted by atomic mass is 32.2. The molecule has 2 aromatic heterocycles. The first-order valence-corrected chi connectivity index (χ1v) is 9.49. The Morgan fingerprint density at radius 3 is 2.39 bits per heavy atom. The van der Waals surface area contributed by atoms with E-state index >= 15 is 0 Å². The third-order valence-corrected chi connectivity index (χ3v) is 5.05. The summed E-state index contributed by atoms with van der Waals surface area (Å²) in [5.74, 6) is -1.04. The lowest BCUT2D eigenvalue weighted by atomic mass is 10.1. The fourth-order valence-corrected chi connectivity index (χ4v) is 3.36. The lowest BCUT2D eigenvalue weighted by Crippen LogP contribution is -2.61. The molecular weight excluding hydrogens is 399 g/mol. The Morgan fingerprint density at radius 2 is 1.82 bits per heavy atom. The van der Waals surface area contributed by atoms with Gasteiger partial charge in [-0.25, -0.2) is 9.37 Å². The lowest BCUT2D eigenvalue weighted by Gasteiger charge is -2.38. The van der Waals surface area contributed by atoms with E-state index in [1.807, 2.05) is 0 Å². The summed E-state index contributed by atoms with van der Waals surface area (Å²) >= 11 is 0. The van der Waals surface area contributed by atoms with Crippen molar-refractivity contribution >= 4 is 10.1 Å². The molecule has 1 fully saturated rings. The number of halogens is 1.